The number of primary amides is 1. The van der Waals surface area contributed by atoms with Crippen LogP contribution in [0.2, 0.25) is 0 Å². The molecule has 0 aliphatic rings. The Hall–Kier alpha value is -2.30. The number of halogens is 3. The van der Waals surface area contributed by atoms with E-state index in [0.717, 1.165) is 24.3 Å². The van der Waals surface area contributed by atoms with Crippen molar-refractivity contribution in [1.29, 1.82) is 0 Å². The van der Waals surface area contributed by atoms with E-state index >= 15 is 0 Å². The van der Waals surface area contributed by atoms with Crippen LogP contribution >= 0.6 is 0 Å². The van der Waals surface area contributed by atoms with Gasteiger partial charge in [0, 0.05) is 5.69 Å². The summed E-state index contributed by atoms with van der Waals surface area (Å²) in [5.74, 6) is -2.19. The van der Waals surface area contributed by atoms with E-state index in [1.807, 2.05) is 0 Å². The van der Waals surface area contributed by atoms with Crippen LogP contribution in [0.4, 0.5) is 23.7 Å². The number of rotatable bonds is 3. The number of benzene rings is 1. The third kappa shape index (κ3) is 4.12. The first-order chi connectivity index (χ1) is 9.02. The van der Waals surface area contributed by atoms with Crippen molar-refractivity contribution in [1.82, 2.24) is 4.72 Å². The van der Waals surface area contributed by atoms with Crippen LogP contribution in [-0.2, 0) is 14.8 Å². The minimum Gasteiger partial charge on any atom is -0.351 e. The van der Waals surface area contributed by atoms with Crippen molar-refractivity contribution in [3.63, 3.8) is 0 Å². The predicted octanol–water partition coefficient (Wildman–Crippen LogP) is 0.544. The third-order valence-corrected chi connectivity index (χ3v) is 3.28. The Bertz CT molecular complexity index is 625. The largest absolute Gasteiger partial charge is 0.471 e. The number of hydrogen-bond donors (Lipinski definition) is 3. The molecule has 0 unspecified atom stereocenters. The van der Waals surface area contributed by atoms with E-state index in [1.165, 1.54) is 10.0 Å². The molecule has 20 heavy (non-hydrogen) atoms. The van der Waals surface area contributed by atoms with Crippen molar-refractivity contribution < 1.29 is 31.2 Å². The van der Waals surface area contributed by atoms with Crippen LogP contribution in [0.15, 0.2) is 29.2 Å². The van der Waals surface area contributed by atoms with Crippen LogP contribution in [-0.4, -0.2) is 26.5 Å². The maximum atomic E-state index is 12.0. The van der Waals surface area contributed by atoms with Crippen molar-refractivity contribution in [3.8, 4) is 0 Å². The van der Waals surface area contributed by atoms with Gasteiger partial charge in [-0.3, -0.25) is 4.79 Å². The Morgan fingerprint density at radius 3 is 2.00 bits per heavy atom. The van der Waals surface area contributed by atoms with Crippen LogP contribution < -0.4 is 15.8 Å². The number of urea groups is 1. The fourth-order valence-electron chi connectivity index (χ4n) is 1.11. The van der Waals surface area contributed by atoms with E-state index in [2.05, 4.69) is 5.73 Å². The Balaban J connectivity index is 2.90. The van der Waals surface area contributed by atoms with Gasteiger partial charge in [-0.05, 0) is 24.3 Å². The molecular formula is C9H8F3N3O4S. The summed E-state index contributed by atoms with van der Waals surface area (Å²) in [6.45, 7) is 0. The van der Waals surface area contributed by atoms with Crippen LogP contribution in [0.1, 0.15) is 0 Å². The number of anilines is 1. The van der Waals surface area contributed by atoms with Gasteiger partial charge in [-0.25, -0.2) is 17.9 Å². The lowest BCUT2D eigenvalue weighted by Gasteiger charge is -2.09. The lowest BCUT2D eigenvalue weighted by molar-refractivity contribution is -0.167. The van der Waals surface area contributed by atoms with E-state index in [0.29, 0.717) is 0 Å². The first-order valence-corrected chi connectivity index (χ1v) is 6.31. The molecule has 0 radical (unpaired) electrons. The van der Waals surface area contributed by atoms with Crippen LogP contribution in [0, 0.1) is 0 Å². The molecule has 11 heteroatoms. The third-order valence-electron chi connectivity index (χ3n) is 1.91. The Morgan fingerprint density at radius 2 is 1.60 bits per heavy atom. The average Bonchev–Trinajstić information content (AvgIpc) is 2.26. The maximum Gasteiger partial charge on any atom is 0.471 e. The Kier molecular flexibility index (Phi) is 4.23. The molecule has 0 fully saturated rings. The molecule has 1 aromatic carbocycles. The van der Waals surface area contributed by atoms with Gasteiger partial charge in [-0.2, -0.15) is 13.2 Å². The first kappa shape index (κ1) is 15.8. The summed E-state index contributed by atoms with van der Waals surface area (Å²) in [5.41, 5.74) is 4.39. The molecule has 0 aliphatic carbocycles. The summed E-state index contributed by atoms with van der Waals surface area (Å²) in [6.07, 6.45) is -5.06. The van der Waals surface area contributed by atoms with E-state index in [4.69, 9.17) is 0 Å². The smallest absolute Gasteiger partial charge is 0.351 e. The summed E-state index contributed by atoms with van der Waals surface area (Å²) in [5, 5.41) is 1.53. The van der Waals surface area contributed by atoms with Gasteiger partial charge in [0.1, 0.15) is 0 Å². The molecule has 0 aliphatic heterocycles. The van der Waals surface area contributed by atoms with Gasteiger partial charge in [0.05, 0.1) is 4.90 Å². The van der Waals surface area contributed by atoms with Gasteiger partial charge in [0.15, 0.2) is 0 Å². The number of carbonyl (C=O) groups is 2. The molecule has 0 saturated carbocycles. The fraction of sp³-hybridized carbons (Fsp3) is 0.111. The van der Waals surface area contributed by atoms with Gasteiger partial charge in [0.25, 0.3) is 10.0 Å². The lowest BCUT2D eigenvalue weighted by atomic mass is 10.3. The van der Waals surface area contributed by atoms with Gasteiger partial charge in [0.2, 0.25) is 0 Å². The highest BCUT2D eigenvalue weighted by Crippen LogP contribution is 2.19. The lowest BCUT2D eigenvalue weighted by Crippen LogP contribution is -2.35. The topological polar surface area (TPSA) is 118 Å². The zero-order chi connectivity index (χ0) is 15.6. The van der Waals surface area contributed by atoms with Gasteiger partial charge in [-0.15, -0.1) is 0 Å². The highest BCUT2D eigenvalue weighted by Gasteiger charge is 2.38. The highest BCUT2D eigenvalue weighted by atomic mass is 32.2. The molecule has 1 aromatic rings. The number of hydrogen-bond acceptors (Lipinski definition) is 4. The highest BCUT2D eigenvalue weighted by molar-refractivity contribution is 7.90. The molecule has 7 nitrogen and oxygen atoms in total. The second-order valence-corrected chi connectivity index (χ2v) is 5.13. The zero-order valence-electron chi connectivity index (χ0n) is 9.56. The Morgan fingerprint density at radius 1 is 1.10 bits per heavy atom. The molecule has 3 amide bonds. The van der Waals surface area contributed by atoms with E-state index < -0.39 is 33.0 Å². The van der Waals surface area contributed by atoms with E-state index in [-0.39, 0.29) is 5.69 Å². The van der Waals surface area contributed by atoms with Crippen LogP contribution in [0.5, 0.6) is 0 Å². The average molecular weight is 311 g/mol. The summed E-state index contributed by atoms with van der Waals surface area (Å²) in [6, 6.07) is 2.35. The Labute approximate surface area is 111 Å². The molecule has 1 rings (SSSR count). The van der Waals surface area contributed by atoms with Gasteiger partial charge >= 0.3 is 18.1 Å². The second-order valence-electron chi connectivity index (χ2n) is 3.45. The minimum absolute atomic E-state index is 0.259. The summed E-state index contributed by atoms with van der Waals surface area (Å²) < 4.78 is 60.3. The van der Waals surface area contributed by atoms with E-state index in [1.54, 1.807) is 0 Å². The van der Waals surface area contributed by atoms with Crippen LogP contribution in [0.3, 0.4) is 0 Å². The first-order valence-electron chi connectivity index (χ1n) is 4.83. The maximum absolute atomic E-state index is 12.0. The molecule has 0 aromatic heterocycles. The normalized spacial score (nSPS) is 11.8. The SMILES string of the molecule is NC(=O)NS(=O)(=O)c1ccc(NC(=O)C(F)(F)F)cc1. The number of sulfonamides is 1. The molecule has 0 saturated heterocycles. The second kappa shape index (κ2) is 5.36. The van der Waals surface area contributed by atoms with Crippen molar-refractivity contribution in [3.05, 3.63) is 24.3 Å². The molecule has 0 heterocycles. The number of amides is 3. The van der Waals surface area contributed by atoms with Gasteiger partial charge < -0.3 is 11.1 Å². The number of carbonyl (C=O) groups excluding carboxylic acids is 2. The van der Waals surface area contributed by atoms with Crippen molar-refractivity contribution in [2.45, 2.75) is 11.1 Å². The van der Waals surface area contributed by atoms with E-state index in [9.17, 15) is 31.2 Å². The standard InChI is InChI=1S/C9H8F3N3O4S/c10-9(11,12)7(16)14-5-1-3-6(4-2-5)20(18,19)15-8(13)17/h1-4H,(H,14,16)(H3,13,15,17). The summed E-state index contributed by atoms with van der Waals surface area (Å²) in [7, 11) is -4.19. The summed E-state index contributed by atoms with van der Waals surface area (Å²) in [4.78, 5) is 20.7. The number of alkyl halides is 3. The van der Waals surface area contributed by atoms with Gasteiger partial charge in [-0.1, -0.05) is 0 Å². The molecule has 0 bridgehead atoms. The molecule has 0 spiro atoms. The molecule has 0 atom stereocenters. The minimum atomic E-state index is -5.06. The van der Waals surface area contributed by atoms with Crippen molar-refractivity contribution >= 4 is 27.6 Å². The molecule has 110 valence electrons. The number of nitrogens with two attached hydrogens (primary N) is 1. The quantitative estimate of drug-likeness (QED) is 0.755. The predicted molar refractivity (Wildman–Crippen MR) is 61.0 cm³/mol. The molecule has 4 N–H and O–H groups in total. The fourth-order valence-corrected chi connectivity index (χ4v) is 1.99. The zero-order valence-corrected chi connectivity index (χ0v) is 10.4. The van der Waals surface area contributed by atoms with Crippen LogP contribution in [0.25, 0.3) is 0 Å². The van der Waals surface area contributed by atoms with Crippen molar-refractivity contribution in [2.75, 3.05) is 5.32 Å². The molecular weight excluding hydrogens is 303 g/mol. The number of nitrogens with one attached hydrogen (secondary N) is 2. The van der Waals surface area contributed by atoms with Crippen molar-refractivity contribution in [2.24, 2.45) is 5.73 Å². The monoisotopic (exact) mass is 311 g/mol. The summed E-state index contributed by atoms with van der Waals surface area (Å²) >= 11 is 0.